The Balaban J connectivity index is 2.49. The average Bonchev–Trinajstić information content (AvgIpc) is 2.79. The molecule has 2 heterocycles. The first-order chi connectivity index (χ1) is 8.04. The lowest BCUT2D eigenvalue weighted by Crippen LogP contribution is -2.18. The van der Waals surface area contributed by atoms with E-state index in [0.717, 1.165) is 10.0 Å². The quantitative estimate of drug-likeness (QED) is 0.928. The highest BCUT2D eigenvalue weighted by molar-refractivity contribution is 7.16. The average molecular weight is 270 g/mol. The van der Waals surface area contributed by atoms with Crippen LogP contribution in [0.3, 0.4) is 0 Å². The molecule has 0 radical (unpaired) electrons. The molecule has 0 aromatic carbocycles. The molecule has 1 N–H and O–H groups in total. The fraction of sp³-hybridized carbons (Fsp3) is 0.417. The third-order valence-corrected chi connectivity index (χ3v) is 4.32. The first-order valence-corrected chi connectivity index (χ1v) is 6.66. The van der Waals surface area contributed by atoms with Crippen molar-refractivity contribution in [1.82, 2.24) is 15.1 Å². The number of aryl methyl sites for hydroxylation is 2. The molecule has 2 aromatic heterocycles. The SMILES string of the molecule is CNC(c1ccc(Cl)s1)c1c(C)nn(C)c1C. The highest BCUT2D eigenvalue weighted by atomic mass is 35.5. The second-order valence-corrected chi connectivity index (χ2v) is 5.82. The van der Waals surface area contributed by atoms with Crippen LogP contribution in [-0.2, 0) is 7.05 Å². The highest BCUT2D eigenvalue weighted by Crippen LogP contribution is 2.33. The van der Waals surface area contributed by atoms with Crippen LogP contribution in [0.4, 0.5) is 0 Å². The van der Waals surface area contributed by atoms with Crippen molar-refractivity contribution in [2.24, 2.45) is 7.05 Å². The van der Waals surface area contributed by atoms with Gasteiger partial charge in [-0.25, -0.2) is 0 Å². The monoisotopic (exact) mass is 269 g/mol. The second kappa shape index (κ2) is 4.80. The van der Waals surface area contributed by atoms with E-state index in [-0.39, 0.29) is 6.04 Å². The molecule has 0 aliphatic rings. The summed E-state index contributed by atoms with van der Waals surface area (Å²) in [6, 6.07) is 4.17. The van der Waals surface area contributed by atoms with E-state index in [1.165, 1.54) is 16.1 Å². The first kappa shape index (κ1) is 12.6. The Bertz CT molecular complexity index is 530. The van der Waals surface area contributed by atoms with Crippen molar-refractivity contribution in [2.45, 2.75) is 19.9 Å². The van der Waals surface area contributed by atoms with Crippen LogP contribution in [-0.4, -0.2) is 16.8 Å². The van der Waals surface area contributed by atoms with E-state index in [1.807, 2.05) is 31.8 Å². The zero-order valence-corrected chi connectivity index (χ0v) is 12.0. The Hall–Kier alpha value is -0.840. The Kier molecular flexibility index (Phi) is 3.56. The molecule has 5 heteroatoms. The molecule has 0 saturated carbocycles. The molecule has 0 aliphatic carbocycles. The lowest BCUT2D eigenvalue weighted by molar-refractivity contribution is 0.688. The van der Waals surface area contributed by atoms with Crippen molar-refractivity contribution in [1.29, 1.82) is 0 Å². The van der Waals surface area contributed by atoms with Gasteiger partial charge in [-0.1, -0.05) is 11.6 Å². The van der Waals surface area contributed by atoms with E-state index in [2.05, 4.69) is 23.4 Å². The van der Waals surface area contributed by atoms with Crippen molar-refractivity contribution in [3.8, 4) is 0 Å². The molecular formula is C12H16ClN3S. The van der Waals surface area contributed by atoms with Gasteiger partial charge < -0.3 is 5.32 Å². The van der Waals surface area contributed by atoms with Gasteiger partial charge in [0.15, 0.2) is 0 Å². The van der Waals surface area contributed by atoms with Gasteiger partial charge in [0.05, 0.1) is 16.1 Å². The first-order valence-electron chi connectivity index (χ1n) is 5.47. The van der Waals surface area contributed by atoms with E-state index >= 15 is 0 Å². The highest BCUT2D eigenvalue weighted by Gasteiger charge is 2.21. The Labute approximate surface area is 110 Å². The molecule has 2 aromatic rings. The van der Waals surface area contributed by atoms with Gasteiger partial charge in [-0.2, -0.15) is 5.10 Å². The van der Waals surface area contributed by atoms with Gasteiger partial charge in [0.1, 0.15) is 0 Å². The number of hydrogen-bond acceptors (Lipinski definition) is 3. The fourth-order valence-corrected chi connectivity index (χ4v) is 3.30. The predicted octanol–water partition coefficient (Wildman–Crippen LogP) is 3.06. The number of nitrogens with zero attached hydrogens (tertiary/aromatic N) is 2. The zero-order chi connectivity index (χ0) is 12.6. The van der Waals surface area contributed by atoms with Crippen molar-refractivity contribution < 1.29 is 0 Å². The summed E-state index contributed by atoms with van der Waals surface area (Å²) in [4.78, 5) is 1.22. The Morgan fingerprint density at radius 2 is 2.12 bits per heavy atom. The third kappa shape index (κ3) is 2.25. The summed E-state index contributed by atoms with van der Waals surface area (Å²) < 4.78 is 2.74. The Morgan fingerprint density at radius 3 is 2.53 bits per heavy atom. The predicted molar refractivity (Wildman–Crippen MR) is 72.9 cm³/mol. The number of hydrogen-bond donors (Lipinski definition) is 1. The molecule has 0 bridgehead atoms. The topological polar surface area (TPSA) is 29.9 Å². The number of thiophene rings is 1. The van der Waals surface area contributed by atoms with Crippen molar-refractivity contribution in [2.75, 3.05) is 7.05 Å². The normalized spacial score (nSPS) is 13.0. The van der Waals surface area contributed by atoms with E-state index in [9.17, 15) is 0 Å². The Morgan fingerprint density at radius 1 is 1.41 bits per heavy atom. The van der Waals surface area contributed by atoms with Gasteiger partial charge in [0.25, 0.3) is 0 Å². The van der Waals surface area contributed by atoms with Crippen LogP contribution in [0.2, 0.25) is 4.34 Å². The van der Waals surface area contributed by atoms with Crippen molar-refractivity contribution >= 4 is 22.9 Å². The van der Waals surface area contributed by atoms with Crippen LogP contribution in [0.5, 0.6) is 0 Å². The molecule has 1 unspecified atom stereocenters. The van der Waals surface area contributed by atoms with E-state index in [4.69, 9.17) is 11.6 Å². The van der Waals surface area contributed by atoms with E-state index in [0.29, 0.717) is 0 Å². The van der Waals surface area contributed by atoms with Crippen molar-refractivity contribution in [3.63, 3.8) is 0 Å². The van der Waals surface area contributed by atoms with Gasteiger partial charge in [0, 0.05) is 23.2 Å². The summed E-state index contributed by atoms with van der Waals surface area (Å²) in [6.07, 6.45) is 0. The lowest BCUT2D eigenvalue weighted by Gasteiger charge is -2.15. The maximum Gasteiger partial charge on any atom is 0.0931 e. The number of aromatic nitrogens is 2. The summed E-state index contributed by atoms with van der Waals surface area (Å²) in [5.74, 6) is 0. The minimum absolute atomic E-state index is 0.168. The largest absolute Gasteiger partial charge is 0.309 e. The maximum atomic E-state index is 6.00. The molecule has 3 nitrogen and oxygen atoms in total. The summed E-state index contributed by atoms with van der Waals surface area (Å²) >= 11 is 7.61. The fourth-order valence-electron chi connectivity index (χ4n) is 2.12. The van der Waals surface area contributed by atoms with Crippen LogP contribution in [0.25, 0.3) is 0 Å². The minimum Gasteiger partial charge on any atom is -0.309 e. The van der Waals surface area contributed by atoms with E-state index < -0.39 is 0 Å². The molecular weight excluding hydrogens is 254 g/mol. The molecule has 0 spiro atoms. The maximum absolute atomic E-state index is 6.00. The molecule has 1 atom stereocenters. The molecule has 0 amide bonds. The number of halogens is 1. The van der Waals surface area contributed by atoms with Crippen LogP contribution in [0, 0.1) is 13.8 Å². The standard InChI is InChI=1S/C12H16ClN3S/c1-7-11(8(2)16(4)15-7)12(14-3)9-5-6-10(13)17-9/h5-6,12,14H,1-4H3. The van der Waals surface area contributed by atoms with Gasteiger partial charge >= 0.3 is 0 Å². The van der Waals surface area contributed by atoms with Gasteiger partial charge in [-0.3, -0.25) is 4.68 Å². The molecule has 17 heavy (non-hydrogen) atoms. The summed E-state index contributed by atoms with van der Waals surface area (Å²) in [5, 5.41) is 7.80. The molecule has 2 rings (SSSR count). The summed E-state index contributed by atoms with van der Waals surface area (Å²) in [6.45, 7) is 4.14. The summed E-state index contributed by atoms with van der Waals surface area (Å²) in [7, 11) is 3.93. The lowest BCUT2D eigenvalue weighted by atomic mass is 10.0. The summed E-state index contributed by atoms with van der Waals surface area (Å²) in [5.41, 5.74) is 3.49. The molecule has 0 fully saturated rings. The van der Waals surface area contributed by atoms with Gasteiger partial charge in [-0.15, -0.1) is 11.3 Å². The van der Waals surface area contributed by atoms with Crippen LogP contribution < -0.4 is 5.32 Å². The zero-order valence-electron chi connectivity index (χ0n) is 10.4. The van der Waals surface area contributed by atoms with E-state index in [1.54, 1.807) is 11.3 Å². The number of rotatable bonds is 3. The molecule has 0 saturated heterocycles. The smallest absolute Gasteiger partial charge is 0.0931 e. The molecule has 92 valence electrons. The van der Waals surface area contributed by atoms with Crippen LogP contribution in [0.15, 0.2) is 12.1 Å². The number of nitrogens with one attached hydrogen (secondary N) is 1. The molecule has 0 aliphatic heterocycles. The van der Waals surface area contributed by atoms with Crippen LogP contribution >= 0.6 is 22.9 Å². The van der Waals surface area contributed by atoms with Gasteiger partial charge in [0.2, 0.25) is 0 Å². The van der Waals surface area contributed by atoms with Crippen LogP contribution in [0.1, 0.15) is 27.9 Å². The second-order valence-electron chi connectivity index (χ2n) is 4.07. The van der Waals surface area contributed by atoms with Gasteiger partial charge in [-0.05, 0) is 33.0 Å². The van der Waals surface area contributed by atoms with Crippen molar-refractivity contribution in [3.05, 3.63) is 38.3 Å². The minimum atomic E-state index is 0.168. The third-order valence-electron chi connectivity index (χ3n) is 3.02.